The van der Waals surface area contributed by atoms with Gasteiger partial charge in [-0.2, -0.15) is 13.2 Å². The van der Waals surface area contributed by atoms with Crippen LogP contribution in [0.2, 0.25) is 5.02 Å². The number of carbonyl (C=O) groups is 1. The molecular weight excluding hydrogens is 290 g/mol. The smallest absolute Gasteiger partial charge is 0.324 e. The maximum absolute atomic E-state index is 12.4. The lowest BCUT2D eigenvalue weighted by Crippen LogP contribution is -2.21. The second-order valence-electron chi connectivity index (χ2n) is 3.74. The molecule has 0 aromatic heterocycles. The first-order valence-corrected chi connectivity index (χ1v) is 5.90. The van der Waals surface area contributed by atoms with Gasteiger partial charge in [0.1, 0.15) is 0 Å². The number of carbonyl (C=O) groups excluding carboxylic acids is 1. The molecule has 0 aliphatic rings. The fourth-order valence-corrected chi connectivity index (χ4v) is 1.49. The molecule has 1 unspecified atom stereocenters. The van der Waals surface area contributed by atoms with Crippen LogP contribution in [0.1, 0.15) is 12.5 Å². The summed E-state index contributed by atoms with van der Waals surface area (Å²) in [6.07, 6.45) is -4.46. The maximum Gasteiger partial charge on any atom is 0.416 e. The minimum Gasteiger partial charge on any atom is -0.324 e. The summed E-state index contributed by atoms with van der Waals surface area (Å²) in [5, 5.41) is 2.25. The van der Waals surface area contributed by atoms with Crippen LogP contribution in [0, 0.1) is 5.92 Å². The summed E-state index contributed by atoms with van der Waals surface area (Å²) in [6, 6.07) is 2.74. The Bertz CT molecular complexity index is 448. The Morgan fingerprint density at radius 1 is 1.44 bits per heavy atom. The summed E-state index contributed by atoms with van der Waals surface area (Å²) in [6.45, 7) is 1.60. The molecule has 0 fully saturated rings. The number of halogens is 5. The Balaban J connectivity index is 2.90. The van der Waals surface area contributed by atoms with Crippen LogP contribution in [-0.4, -0.2) is 11.8 Å². The van der Waals surface area contributed by atoms with Gasteiger partial charge in [0.2, 0.25) is 5.91 Å². The summed E-state index contributed by atoms with van der Waals surface area (Å²) in [5.41, 5.74) is -0.734. The molecule has 0 saturated carbocycles. The van der Waals surface area contributed by atoms with E-state index in [0.29, 0.717) is 0 Å². The lowest BCUT2D eigenvalue weighted by molar-refractivity contribution is -0.137. The van der Waals surface area contributed by atoms with Gasteiger partial charge in [0.25, 0.3) is 0 Å². The van der Waals surface area contributed by atoms with Crippen molar-refractivity contribution < 1.29 is 18.0 Å². The van der Waals surface area contributed by atoms with Crippen molar-refractivity contribution in [2.45, 2.75) is 13.1 Å². The van der Waals surface area contributed by atoms with Gasteiger partial charge in [-0.1, -0.05) is 18.5 Å². The maximum atomic E-state index is 12.4. The Kier molecular flexibility index (Phi) is 4.87. The topological polar surface area (TPSA) is 29.1 Å². The van der Waals surface area contributed by atoms with Gasteiger partial charge in [0.05, 0.1) is 16.3 Å². The predicted molar refractivity (Wildman–Crippen MR) is 65.0 cm³/mol. The first kappa shape index (κ1) is 15.1. The number of hydrogen-bond acceptors (Lipinski definition) is 1. The summed E-state index contributed by atoms with van der Waals surface area (Å²) < 4.78 is 37.1. The van der Waals surface area contributed by atoms with Crippen LogP contribution < -0.4 is 5.32 Å². The van der Waals surface area contributed by atoms with E-state index in [4.69, 9.17) is 23.2 Å². The van der Waals surface area contributed by atoms with E-state index in [9.17, 15) is 18.0 Å². The minimum atomic E-state index is -4.46. The lowest BCUT2D eigenvalue weighted by Gasteiger charge is -2.12. The molecule has 0 aliphatic carbocycles. The molecule has 0 spiro atoms. The van der Waals surface area contributed by atoms with Crippen molar-refractivity contribution in [2.24, 2.45) is 5.92 Å². The first-order valence-electron chi connectivity index (χ1n) is 4.99. The number of hydrogen-bond donors (Lipinski definition) is 1. The van der Waals surface area contributed by atoms with E-state index in [1.54, 1.807) is 6.92 Å². The minimum absolute atomic E-state index is 0.115. The molecule has 1 rings (SSSR count). The van der Waals surface area contributed by atoms with Crippen molar-refractivity contribution >= 4 is 34.8 Å². The summed E-state index contributed by atoms with van der Waals surface area (Å²) in [7, 11) is 0. The Morgan fingerprint density at radius 2 is 2.06 bits per heavy atom. The molecule has 7 heteroatoms. The fourth-order valence-electron chi connectivity index (χ4n) is 1.12. The number of anilines is 1. The third-order valence-corrected chi connectivity index (χ3v) is 3.01. The molecule has 0 heterocycles. The quantitative estimate of drug-likeness (QED) is 0.834. The first-order chi connectivity index (χ1) is 8.25. The van der Waals surface area contributed by atoms with Crippen LogP contribution in [0.4, 0.5) is 18.9 Å². The molecule has 0 bridgehead atoms. The molecule has 1 aromatic rings. The predicted octanol–water partition coefficient (Wildman–Crippen LogP) is 4.17. The molecule has 0 radical (unpaired) electrons. The van der Waals surface area contributed by atoms with E-state index < -0.39 is 23.6 Å². The lowest BCUT2D eigenvalue weighted by atomic mass is 10.1. The normalized spacial score (nSPS) is 13.2. The number of alkyl halides is 4. The van der Waals surface area contributed by atoms with Gasteiger partial charge in [0, 0.05) is 11.8 Å². The van der Waals surface area contributed by atoms with E-state index >= 15 is 0 Å². The Morgan fingerprint density at radius 3 is 2.50 bits per heavy atom. The van der Waals surface area contributed by atoms with Crippen LogP contribution in [-0.2, 0) is 11.0 Å². The highest BCUT2D eigenvalue weighted by molar-refractivity contribution is 6.33. The summed E-state index contributed by atoms with van der Waals surface area (Å²) in [5.74, 6) is -0.735. The molecule has 1 atom stereocenters. The van der Waals surface area contributed by atoms with Crippen LogP contribution in [0.25, 0.3) is 0 Å². The van der Waals surface area contributed by atoms with E-state index in [1.807, 2.05) is 0 Å². The third-order valence-electron chi connectivity index (χ3n) is 2.23. The highest BCUT2D eigenvalue weighted by Crippen LogP contribution is 2.33. The van der Waals surface area contributed by atoms with E-state index in [1.165, 1.54) is 0 Å². The van der Waals surface area contributed by atoms with E-state index in [0.717, 1.165) is 18.2 Å². The van der Waals surface area contributed by atoms with Crippen LogP contribution in [0.3, 0.4) is 0 Å². The van der Waals surface area contributed by atoms with Crippen molar-refractivity contribution in [3.8, 4) is 0 Å². The molecule has 18 heavy (non-hydrogen) atoms. The standard InChI is InChI=1S/C11H10Cl2F3NO/c1-6(5-12)10(18)17-9-3-2-7(4-8(9)13)11(14,15)16/h2-4,6H,5H2,1H3,(H,17,18). The van der Waals surface area contributed by atoms with Crippen LogP contribution >= 0.6 is 23.2 Å². The Hall–Kier alpha value is -0.940. The summed E-state index contributed by atoms with van der Waals surface area (Å²) in [4.78, 5) is 11.5. The summed E-state index contributed by atoms with van der Waals surface area (Å²) >= 11 is 11.2. The zero-order valence-electron chi connectivity index (χ0n) is 9.31. The zero-order chi connectivity index (χ0) is 13.9. The van der Waals surface area contributed by atoms with E-state index in [-0.39, 0.29) is 16.6 Å². The van der Waals surface area contributed by atoms with Gasteiger partial charge >= 0.3 is 6.18 Å². The SMILES string of the molecule is CC(CCl)C(=O)Nc1ccc(C(F)(F)F)cc1Cl. The van der Waals surface area contributed by atoms with Gasteiger partial charge in [-0.05, 0) is 18.2 Å². The highest BCUT2D eigenvalue weighted by atomic mass is 35.5. The average Bonchev–Trinajstić information content (AvgIpc) is 2.29. The van der Waals surface area contributed by atoms with Crippen molar-refractivity contribution in [3.05, 3.63) is 28.8 Å². The molecular formula is C11H10Cl2F3NO. The van der Waals surface area contributed by atoms with Gasteiger partial charge in [0.15, 0.2) is 0 Å². The van der Waals surface area contributed by atoms with Crippen LogP contribution in [0.15, 0.2) is 18.2 Å². The van der Waals surface area contributed by atoms with E-state index in [2.05, 4.69) is 5.32 Å². The van der Waals surface area contributed by atoms with Crippen molar-refractivity contribution in [2.75, 3.05) is 11.2 Å². The van der Waals surface area contributed by atoms with Crippen molar-refractivity contribution in [3.63, 3.8) is 0 Å². The number of nitrogens with one attached hydrogen (secondary N) is 1. The molecule has 1 aromatic carbocycles. The molecule has 1 amide bonds. The second kappa shape index (κ2) is 5.80. The largest absolute Gasteiger partial charge is 0.416 e. The number of amides is 1. The van der Waals surface area contributed by atoms with Gasteiger partial charge in [-0.15, -0.1) is 11.6 Å². The van der Waals surface area contributed by atoms with Crippen molar-refractivity contribution in [1.29, 1.82) is 0 Å². The molecule has 0 saturated heterocycles. The third kappa shape index (κ3) is 3.78. The monoisotopic (exact) mass is 299 g/mol. The molecule has 100 valence electrons. The van der Waals surface area contributed by atoms with Gasteiger partial charge in [-0.3, -0.25) is 4.79 Å². The van der Waals surface area contributed by atoms with Gasteiger partial charge < -0.3 is 5.32 Å². The zero-order valence-corrected chi connectivity index (χ0v) is 10.8. The molecule has 2 nitrogen and oxygen atoms in total. The average molecular weight is 300 g/mol. The molecule has 1 N–H and O–H groups in total. The number of rotatable bonds is 3. The van der Waals surface area contributed by atoms with Crippen molar-refractivity contribution in [1.82, 2.24) is 0 Å². The highest BCUT2D eigenvalue weighted by Gasteiger charge is 2.31. The Labute approximate surface area is 112 Å². The molecule has 0 aliphatic heterocycles. The fraction of sp³-hybridized carbons (Fsp3) is 0.364. The second-order valence-corrected chi connectivity index (χ2v) is 4.45. The van der Waals surface area contributed by atoms with Crippen LogP contribution in [0.5, 0.6) is 0 Å². The number of benzene rings is 1. The van der Waals surface area contributed by atoms with Gasteiger partial charge in [-0.25, -0.2) is 0 Å².